The van der Waals surface area contributed by atoms with E-state index in [9.17, 15) is 13.2 Å². The minimum Gasteiger partial charge on any atom is -0.360 e. The van der Waals surface area contributed by atoms with E-state index in [-0.39, 0.29) is 22.0 Å². The maximum absolute atomic E-state index is 13.5. The highest BCUT2D eigenvalue weighted by Gasteiger charge is 2.33. The summed E-state index contributed by atoms with van der Waals surface area (Å²) in [5.41, 5.74) is 4.02. The molecule has 0 spiro atoms. The molecule has 0 radical (unpaired) electrons. The number of nitrogens with one attached hydrogen (secondary N) is 1. The fraction of sp³-hybridized carbons (Fsp3) is 0.375. The summed E-state index contributed by atoms with van der Waals surface area (Å²) < 4.78 is 28.3. The van der Waals surface area contributed by atoms with Crippen molar-refractivity contribution < 1.29 is 13.2 Å². The Morgan fingerprint density at radius 1 is 1.14 bits per heavy atom. The summed E-state index contributed by atoms with van der Waals surface area (Å²) >= 11 is 7.39. The Labute approximate surface area is 214 Å². The molecular weight excluding hydrogens is 506 g/mol. The molecule has 2 aliphatic heterocycles. The van der Waals surface area contributed by atoms with Gasteiger partial charge in [0.2, 0.25) is 11.0 Å². The molecule has 0 bridgehead atoms. The fourth-order valence-corrected chi connectivity index (χ4v) is 6.85. The summed E-state index contributed by atoms with van der Waals surface area (Å²) in [4.78, 5) is 17.5. The van der Waals surface area contributed by atoms with Gasteiger partial charge in [0.1, 0.15) is 11.0 Å². The molecule has 0 fully saturated rings. The van der Waals surface area contributed by atoms with Gasteiger partial charge in [0.25, 0.3) is 10.0 Å². The Bertz CT molecular complexity index is 1390. The average Bonchev–Trinajstić information content (AvgIpc) is 3.48. The minimum absolute atomic E-state index is 0.0208. The lowest BCUT2D eigenvalue weighted by Gasteiger charge is -2.37. The molecule has 184 valence electrons. The van der Waals surface area contributed by atoms with Gasteiger partial charge in [-0.15, -0.1) is 10.2 Å². The monoisotopic (exact) mass is 531 g/mol. The third-order valence-corrected chi connectivity index (χ3v) is 9.22. The summed E-state index contributed by atoms with van der Waals surface area (Å²) in [6.45, 7) is 5.52. The molecule has 0 unspecified atom stereocenters. The lowest BCUT2D eigenvalue weighted by Crippen LogP contribution is -2.47. The van der Waals surface area contributed by atoms with Crippen LogP contribution in [0.3, 0.4) is 0 Å². The molecule has 11 heteroatoms. The minimum atomic E-state index is -3.80. The van der Waals surface area contributed by atoms with Crippen molar-refractivity contribution in [3.8, 4) is 0 Å². The van der Waals surface area contributed by atoms with Crippen LogP contribution in [-0.4, -0.2) is 42.0 Å². The van der Waals surface area contributed by atoms with E-state index in [1.807, 2.05) is 32.0 Å². The molecule has 1 N–H and O–H groups in total. The molecule has 35 heavy (non-hydrogen) atoms. The molecule has 0 saturated carbocycles. The maximum atomic E-state index is 13.5. The quantitative estimate of drug-likeness (QED) is 0.511. The number of hydrogen-bond acceptors (Lipinski definition) is 7. The summed E-state index contributed by atoms with van der Waals surface area (Å²) in [5, 5.41) is 9.58. The highest BCUT2D eigenvalue weighted by atomic mass is 35.5. The van der Waals surface area contributed by atoms with Gasteiger partial charge in [0, 0.05) is 30.3 Å². The first kappa shape index (κ1) is 24.0. The second-order valence-corrected chi connectivity index (χ2v) is 12.0. The van der Waals surface area contributed by atoms with Crippen LogP contribution in [0.2, 0.25) is 5.02 Å². The van der Waals surface area contributed by atoms with Crippen molar-refractivity contribution >= 4 is 49.7 Å². The first-order valence-corrected chi connectivity index (χ1v) is 14.2. The van der Waals surface area contributed by atoms with E-state index >= 15 is 0 Å². The molecule has 2 aromatic carbocycles. The molecule has 1 atom stereocenters. The highest BCUT2D eigenvalue weighted by molar-refractivity contribution is 7.93. The number of hydrogen-bond donors (Lipinski definition) is 1. The third-order valence-electron chi connectivity index (χ3n) is 6.53. The van der Waals surface area contributed by atoms with Crippen LogP contribution in [0.15, 0.2) is 41.3 Å². The van der Waals surface area contributed by atoms with Gasteiger partial charge >= 0.3 is 0 Å². The van der Waals surface area contributed by atoms with Gasteiger partial charge in [-0.3, -0.25) is 9.52 Å². The number of amides is 1. The molecule has 1 aromatic heterocycles. The van der Waals surface area contributed by atoms with Gasteiger partial charge in [-0.05, 0) is 73.2 Å². The van der Waals surface area contributed by atoms with E-state index in [1.165, 1.54) is 11.3 Å². The van der Waals surface area contributed by atoms with Gasteiger partial charge in [0.05, 0.1) is 4.90 Å². The SMILES string of the molecule is CCc1nnc(NS(=O)(=O)c2ccc3c(c2)CN(C(=O)[C@@H](C)N2CCCc4cc(Cl)ccc42)C3)s1. The van der Waals surface area contributed by atoms with Crippen LogP contribution < -0.4 is 9.62 Å². The van der Waals surface area contributed by atoms with Crippen molar-refractivity contribution in [2.75, 3.05) is 16.2 Å². The second-order valence-electron chi connectivity index (χ2n) is 8.83. The van der Waals surface area contributed by atoms with Crippen molar-refractivity contribution in [3.63, 3.8) is 0 Å². The van der Waals surface area contributed by atoms with Crippen LogP contribution >= 0.6 is 22.9 Å². The first-order chi connectivity index (χ1) is 16.7. The van der Waals surface area contributed by atoms with Gasteiger partial charge < -0.3 is 9.80 Å². The molecule has 0 aliphatic carbocycles. The normalized spacial score (nSPS) is 16.1. The van der Waals surface area contributed by atoms with Gasteiger partial charge in [-0.1, -0.05) is 35.9 Å². The number of nitrogens with zero attached hydrogens (tertiary/aromatic N) is 4. The van der Waals surface area contributed by atoms with E-state index in [2.05, 4.69) is 19.8 Å². The van der Waals surface area contributed by atoms with Gasteiger partial charge in [0.15, 0.2) is 0 Å². The zero-order valence-corrected chi connectivity index (χ0v) is 21.9. The fourth-order valence-electron chi connectivity index (χ4n) is 4.70. The van der Waals surface area contributed by atoms with Crippen molar-refractivity contribution in [1.29, 1.82) is 0 Å². The number of carbonyl (C=O) groups is 1. The van der Waals surface area contributed by atoms with Crippen LogP contribution in [0, 0.1) is 0 Å². The zero-order valence-electron chi connectivity index (χ0n) is 19.5. The number of fused-ring (bicyclic) bond motifs is 2. The van der Waals surface area contributed by atoms with Crippen LogP contribution in [0.4, 0.5) is 10.8 Å². The van der Waals surface area contributed by atoms with Gasteiger partial charge in [-0.2, -0.15) is 0 Å². The van der Waals surface area contributed by atoms with Crippen LogP contribution in [0.25, 0.3) is 0 Å². The predicted molar refractivity (Wildman–Crippen MR) is 137 cm³/mol. The lowest BCUT2D eigenvalue weighted by molar-refractivity contribution is -0.132. The number of carbonyl (C=O) groups excluding carboxylic acids is 1. The summed E-state index contributed by atoms with van der Waals surface area (Å²) in [5.74, 6) is 0.0208. The van der Waals surface area contributed by atoms with E-state index in [4.69, 9.17) is 11.6 Å². The summed E-state index contributed by atoms with van der Waals surface area (Å²) in [6.07, 6.45) is 2.61. The summed E-state index contributed by atoms with van der Waals surface area (Å²) in [7, 11) is -3.80. The smallest absolute Gasteiger partial charge is 0.263 e. The highest BCUT2D eigenvalue weighted by Crippen LogP contribution is 2.33. The Morgan fingerprint density at radius 3 is 2.71 bits per heavy atom. The number of rotatable bonds is 6. The average molecular weight is 532 g/mol. The predicted octanol–water partition coefficient (Wildman–Crippen LogP) is 4.24. The van der Waals surface area contributed by atoms with Crippen molar-refractivity contribution in [2.24, 2.45) is 0 Å². The van der Waals surface area contributed by atoms with Crippen molar-refractivity contribution in [1.82, 2.24) is 15.1 Å². The topological polar surface area (TPSA) is 95.5 Å². The maximum Gasteiger partial charge on any atom is 0.263 e. The molecule has 1 amide bonds. The Kier molecular flexibility index (Phi) is 6.45. The van der Waals surface area contributed by atoms with Crippen molar-refractivity contribution in [2.45, 2.75) is 57.1 Å². The standard InChI is InChI=1S/C24H26ClN5O3S2/c1-3-22-26-27-24(34-22)28-35(32,33)20-8-6-17-13-29(14-18(17)12-20)23(31)15(2)30-10-4-5-16-11-19(25)7-9-21(16)30/h6-9,11-12,15H,3-5,10,13-14H2,1-2H3,(H,27,28)/t15-/m1/s1. The molecule has 2 aliphatic rings. The number of aromatic nitrogens is 2. The van der Waals surface area contributed by atoms with Crippen molar-refractivity contribution in [3.05, 3.63) is 63.1 Å². The molecule has 5 rings (SSSR count). The molecule has 3 aromatic rings. The van der Waals surface area contributed by atoms with E-state index in [1.54, 1.807) is 23.1 Å². The Morgan fingerprint density at radius 2 is 1.94 bits per heavy atom. The number of halogens is 1. The molecule has 3 heterocycles. The Balaban J connectivity index is 1.31. The largest absolute Gasteiger partial charge is 0.360 e. The van der Waals surface area contributed by atoms with Crippen LogP contribution in [0.5, 0.6) is 0 Å². The number of benzene rings is 2. The molecule has 8 nitrogen and oxygen atoms in total. The number of anilines is 2. The number of sulfonamides is 1. The zero-order chi connectivity index (χ0) is 24.7. The summed E-state index contributed by atoms with van der Waals surface area (Å²) in [6, 6.07) is 10.5. The molecule has 0 saturated heterocycles. The van der Waals surface area contributed by atoms with E-state index in [0.717, 1.165) is 46.8 Å². The lowest BCUT2D eigenvalue weighted by atomic mass is 10.00. The third kappa shape index (κ3) is 4.74. The number of aryl methyl sites for hydroxylation is 2. The van der Waals surface area contributed by atoms with Gasteiger partial charge in [-0.25, -0.2) is 8.42 Å². The molecular formula is C24H26ClN5O3S2. The first-order valence-electron chi connectivity index (χ1n) is 11.6. The second kappa shape index (κ2) is 9.40. The van der Waals surface area contributed by atoms with Crippen LogP contribution in [0.1, 0.15) is 42.0 Å². The van der Waals surface area contributed by atoms with Crippen LogP contribution in [-0.2, 0) is 40.7 Å². The Hall–Kier alpha value is -2.69. The van der Waals surface area contributed by atoms with E-state index < -0.39 is 10.0 Å². The van der Waals surface area contributed by atoms with E-state index in [0.29, 0.717) is 24.5 Å².